The Balaban J connectivity index is 1.38. The lowest BCUT2D eigenvalue weighted by atomic mass is 9.95. The van der Waals surface area contributed by atoms with Gasteiger partial charge in [0, 0.05) is 37.7 Å². The van der Waals surface area contributed by atoms with E-state index in [0.717, 1.165) is 69.3 Å². The maximum Gasteiger partial charge on any atom is 0.269 e. The Morgan fingerprint density at radius 1 is 1.24 bits per heavy atom. The van der Waals surface area contributed by atoms with Crippen molar-refractivity contribution in [3.63, 3.8) is 0 Å². The molecule has 1 fully saturated rings. The van der Waals surface area contributed by atoms with Gasteiger partial charge in [0.25, 0.3) is 5.69 Å². The van der Waals surface area contributed by atoms with Crippen molar-refractivity contribution in [2.45, 2.75) is 38.4 Å². The predicted molar refractivity (Wildman–Crippen MR) is 92.1 cm³/mol. The van der Waals surface area contributed by atoms with Crippen LogP contribution in [0.4, 0.5) is 5.69 Å². The minimum atomic E-state index is -0.334. The SMILES string of the molecule is O=[N+]([O-])c1cccc(CN2CCC(c3nnc4n3CCNC4)CC2)c1. The van der Waals surface area contributed by atoms with Crippen molar-refractivity contribution in [3.8, 4) is 0 Å². The van der Waals surface area contributed by atoms with Crippen molar-refractivity contribution in [1.29, 1.82) is 0 Å². The number of benzene rings is 1. The molecule has 0 unspecified atom stereocenters. The molecule has 25 heavy (non-hydrogen) atoms. The number of nitrogens with zero attached hydrogens (tertiary/aromatic N) is 5. The molecule has 0 bridgehead atoms. The zero-order valence-electron chi connectivity index (χ0n) is 14.1. The standard InChI is InChI=1S/C17H22N6O2/c24-23(25)15-3-1-2-13(10-15)12-21-7-4-14(5-8-21)17-20-19-16-11-18-6-9-22(16)17/h1-3,10,14,18H,4-9,11-12H2. The van der Waals surface area contributed by atoms with Gasteiger partial charge in [0.1, 0.15) is 11.6 Å². The van der Waals surface area contributed by atoms with Crippen LogP contribution in [-0.2, 0) is 19.6 Å². The molecule has 8 nitrogen and oxygen atoms in total. The molecule has 1 N–H and O–H groups in total. The fourth-order valence-electron chi connectivity index (χ4n) is 3.79. The third-order valence-corrected chi connectivity index (χ3v) is 5.13. The first kappa shape index (κ1) is 16.2. The van der Waals surface area contributed by atoms with Gasteiger partial charge in [-0.05, 0) is 31.5 Å². The van der Waals surface area contributed by atoms with Crippen molar-refractivity contribution in [2.75, 3.05) is 19.6 Å². The molecule has 1 saturated heterocycles. The molecule has 2 aliphatic heterocycles. The summed E-state index contributed by atoms with van der Waals surface area (Å²) in [7, 11) is 0. The van der Waals surface area contributed by atoms with Gasteiger partial charge in [0.15, 0.2) is 0 Å². The quantitative estimate of drug-likeness (QED) is 0.671. The first-order valence-corrected chi connectivity index (χ1v) is 8.79. The molecule has 0 atom stereocenters. The highest BCUT2D eigenvalue weighted by molar-refractivity contribution is 5.34. The molecule has 0 amide bonds. The lowest BCUT2D eigenvalue weighted by molar-refractivity contribution is -0.384. The van der Waals surface area contributed by atoms with Crippen LogP contribution in [0.5, 0.6) is 0 Å². The van der Waals surface area contributed by atoms with Crippen molar-refractivity contribution in [1.82, 2.24) is 25.0 Å². The van der Waals surface area contributed by atoms with Gasteiger partial charge in [-0.3, -0.25) is 15.0 Å². The van der Waals surface area contributed by atoms with Crippen LogP contribution in [0, 0.1) is 10.1 Å². The molecule has 4 rings (SSSR count). The number of piperidine rings is 1. The van der Waals surface area contributed by atoms with Crippen LogP contribution in [0.2, 0.25) is 0 Å². The fourth-order valence-corrected chi connectivity index (χ4v) is 3.79. The molecule has 8 heteroatoms. The molecule has 2 aromatic rings. The monoisotopic (exact) mass is 342 g/mol. The highest BCUT2D eigenvalue weighted by atomic mass is 16.6. The Morgan fingerprint density at radius 3 is 2.88 bits per heavy atom. The number of nitrogens with one attached hydrogen (secondary N) is 1. The number of non-ortho nitro benzene ring substituents is 1. The summed E-state index contributed by atoms with van der Waals surface area (Å²) in [5, 5.41) is 23.0. The summed E-state index contributed by atoms with van der Waals surface area (Å²) in [6.07, 6.45) is 2.11. The molecule has 0 spiro atoms. The van der Waals surface area contributed by atoms with Gasteiger partial charge in [0.05, 0.1) is 11.5 Å². The second-order valence-corrected chi connectivity index (χ2v) is 6.78. The van der Waals surface area contributed by atoms with Crippen LogP contribution < -0.4 is 5.32 Å². The van der Waals surface area contributed by atoms with Gasteiger partial charge >= 0.3 is 0 Å². The molecular weight excluding hydrogens is 320 g/mol. The lowest BCUT2D eigenvalue weighted by Crippen LogP contribution is -2.34. The second kappa shape index (κ2) is 6.89. The van der Waals surface area contributed by atoms with E-state index in [4.69, 9.17) is 0 Å². The molecule has 3 heterocycles. The summed E-state index contributed by atoms with van der Waals surface area (Å²) in [5.41, 5.74) is 1.16. The van der Waals surface area contributed by atoms with E-state index in [2.05, 4.69) is 25.0 Å². The minimum absolute atomic E-state index is 0.163. The number of aromatic nitrogens is 3. The maximum atomic E-state index is 10.9. The van der Waals surface area contributed by atoms with Crippen molar-refractivity contribution in [2.24, 2.45) is 0 Å². The second-order valence-electron chi connectivity index (χ2n) is 6.78. The highest BCUT2D eigenvalue weighted by Gasteiger charge is 2.27. The minimum Gasteiger partial charge on any atom is -0.312 e. The van der Waals surface area contributed by atoms with Crippen LogP contribution in [0.1, 0.15) is 36.0 Å². The highest BCUT2D eigenvalue weighted by Crippen LogP contribution is 2.28. The molecule has 0 radical (unpaired) electrons. The van der Waals surface area contributed by atoms with E-state index >= 15 is 0 Å². The average molecular weight is 342 g/mol. The van der Waals surface area contributed by atoms with Gasteiger partial charge < -0.3 is 9.88 Å². The number of nitro groups is 1. The predicted octanol–water partition coefficient (Wildman–Crippen LogP) is 1.67. The van der Waals surface area contributed by atoms with Crippen molar-refractivity contribution < 1.29 is 4.92 Å². The number of rotatable bonds is 4. The molecule has 132 valence electrons. The fraction of sp³-hybridized carbons (Fsp3) is 0.529. The lowest BCUT2D eigenvalue weighted by Gasteiger charge is -2.32. The number of likely N-dealkylation sites (tertiary alicyclic amines) is 1. The Kier molecular flexibility index (Phi) is 4.46. The molecule has 2 aliphatic rings. The Hall–Kier alpha value is -2.32. The maximum absolute atomic E-state index is 10.9. The van der Waals surface area contributed by atoms with Crippen LogP contribution in [0.3, 0.4) is 0 Å². The number of hydrogen-bond acceptors (Lipinski definition) is 6. The largest absolute Gasteiger partial charge is 0.312 e. The summed E-state index contributed by atoms with van der Waals surface area (Å²) in [4.78, 5) is 12.9. The van der Waals surface area contributed by atoms with E-state index < -0.39 is 0 Å². The number of hydrogen-bond donors (Lipinski definition) is 1. The molecule has 0 saturated carbocycles. The van der Waals surface area contributed by atoms with E-state index in [9.17, 15) is 10.1 Å². The van der Waals surface area contributed by atoms with E-state index in [0.29, 0.717) is 5.92 Å². The van der Waals surface area contributed by atoms with Crippen LogP contribution in [0.25, 0.3) is 0 Å². The first-order valence-electron chi connectivity index (χ1n) is 8.79. The smallest absolute Gasteiger partial charge is 0.269 e. The first-order chi connectivity index (χ1) is 12.2. The molecular formula is C17H22N6O2. The van der Waals surface area contributed by atoms with Gasteiger partial charge in [0.2, 0.25) is 0 Å². The van der Waals surface area contributed by atoms with Gasteiger partial charge in [-0.25, -0.2) is 0 Å². The van der Waals surface area contributed by atoms with Gasteiger partial charge in [-0.1, -0.05) is 12.1 Å². The normalized spacial score (nSPS) is 18.9. The Bertz CT molecular complexity index is 766. The zero-order valence-corrected chi connectivity index (χ0v) is 14.1. The van der Waals surface area contributed by atoms with Crippen molar-refractivity contribution >= 4 is 5.69 Å². The summed E-state index contributed by atoms with van der Waals surface area (Å²) in [5.74, 6) is 2.63. The van der Waals surface area contributed by atoms with Crippen LogP contribution >= 0.6 is 0 Å². The summed E-state index contributed by atoms with van der Waals surface area (Å²) >= 11 is 0. The van der Waals surface area contributed by atoms with Crippen LogP contribution in [-0.4, -0.2) is 44.2 Å². The molecule has 0 aliphatic carbocycles. The van der Waals surface area contributed by atoms with Gasteiger partial charge in [-0.2, -0.15) is 0 Å². The van der Waals surface area contributed by atoms with E-state index in [-0.39, 0.29) is 10.6 Å². The zero-order chi connectivity index (χ0) is 17.2. The number of nitro benzene ring substituents is 1. The summed E-state index contributed by atoms with van der Waals surface area (Å²) in [6.45, 7) is 5.45. The Morgan fingerprint density at radius 2 is 2.08 bits per heavy atom. The summed E-state index contributed by atoms with van der Waals surface area (Å²) < 4.78 is 2.28. The van der Waals surface area contributed by atoms with Gasteiger partial charge in [-0.15, -0.1) is 10.2 Å². The third-order valence-electron chi connectivity index (χ3n) is 5.13. The van der Waals surface area contributed by atoms with Crippen LogP contribution in [0.15, 0.2) is 24.3 Å². The average Bonchev–Trinajstić information content (AvgIpc) is 3.07. The van der Waals surface area contributed by atoms with E-state index in [1.807, 2.05) is 6.07 Å². The molecule has 1 aromatic heterocycles. The van der Waals surface area contributed by atoms with E-state index in [1.54, 1.807) is 18.2 Å². The third kappa shape index (κ3) is 3.40. The van der Waals surface area contributed by atoms with E-state index in [1.165, 1.54) is 0 Å². The Labute approximate surface area is 146 Å². The summed E-state index contributed by atoms with van der Waals surface area (Å²) in [6, 6.07) is 6.94. The number of fused-ring (bicyclic) bond motifs is 1. The van der Waals surface area contributed by atoms with Crippen molar-refractivity contribution in [3.05, 3.63) is 51.6 Å². The molecule has 1 aromatic carbocycles. The topological polar surface area (TPSA) is 89.1 Å².